The monoisotopic (exact) mass is 385 g/mol. The van der Waals surface area contributed by atoms with E-state index in [1.54, 1.807) is 29.9 Å². The zero-order chi connectivity index (χ0) is 18.9. The zero-order valence-electron chi connectivity index (χ0n) is 13.5. The summed E-state index contributed by atoms with van der Waals surface area (Å²) < 4.78 is 71.3. The standard InChI is InChI=1S/C16H14F3N3O3S/c1-22-14(15-3-2-8-25-15)9-12(21-22)10-20-26(23,24)13-6-4-11(5-7-13)16(17,18)19/h2-9,20H,10H2,1H3. The lowest BCUT2D eigenvalue weighted by atomic mass is 10.2. The molecule has 2 aromatic heterocycles. The molecule has 0 aliphatic heterocycles. The second kappa shape index (κ2) is 6.61. The molecule has 0 atom stereocenters. The number of nitrogens with one attached hydrogen (secondary N) is 1. The normalized spacial score (nSPS) is 12.5. The van der Waals surface area contributed by atoms with Crippen LogP contribution in [0, 0.1) is 0 Å². The van der Waals surface area contributed by atoms with Crippen molar-refractivity contribution in [3.63, 3.8) is 0 Å². The van der Waals surface area contributed by atoms with Crippen LogP contribution in [-0.2, 0) is 29.8 Å². The van der Waals surface area contributed by atoms with Gasteiger partial charge in [-0.15, -0.1) is 0 Å². The molecular formula is C16H14F3N3O3S. The van der Waals surface area contributed by atoms with E-state index in [4.69, 9.17) is 4.42 Å². The SMILES string of the molecule is Cn1nc(CNS(=O)(=O)c2ccc(C(F)(F)F)cc2)cc1-c1ccco1. The number of sulfonamides is 1. The van der Waals surface area contributed by atoms with E-state index in [0.29, 0.717) is 17.1 Å². The van der Waals surface area contributed by atoms with Gasteiger partial charge >= 0.3 is 6.18 Å². The highest BCUT2D eigenvalue weighted by molar-refractivity contribution is 7.89. The number of nitrogens with zero attached hydrogens (tertiary/aromatic N) is 2. The molecule has 6 nitrogen and oxygen atoms in total. The summed E-state index contributed by atoms with van der Waals surface area (Å²) in [5.41, 5.74) is 0.192. The Hall–Kier alpha value is -2.59. The molecule has 0 spiro atoms. The molecule has 0 fully saturated rings. The number of benzene rings is 1. The molecular weight excluding hydrogens is 371 g/mol. The van der Waals surface area contributed by atoms with Crippen LogP contribution in [0.1, 0.15) is 11.3 Å². The Morgan fingerprint density at radius 1 is 1.19 bits per heavy atom. The van der Waals surface area contributed by atoms with E-state index in [2.05, 4.69) is 9.82 Å². The highest BCUT2D eigenvalue weighted by Crippen LogP contribution is 2.29. The summed E-state index contributed by atoms with van der Waals surface area (Å²) in [7, 11) is -2.28. The minimum Gasteiger partial charge on any atom is -0.463 e. The van der Waals surface area contributed by atoms with E-state index in [1.807, 2.05) is 0 Å². The van der Waals surface area contributed by atoms with E-state index in [9.17, 15) is 21.6 Å². The van der Waals surface area contributed by atoms with Gasteiger partial charge in [-0.05, 0) is 42.5 Å². The van der Waals surface area contributed by atoms with E-state index in [1.165, 1.54) is 6.26 Å². The molecule has 0 amide bonds. The van der Waals surface area contributed by atoms with Crippen LogP contribution in [0.25, 0.3) is 11.5 Å². The van der Waals surface area contributed by atoms with Crippen LogP contribution in [0.3, 0.4) is 0 Å². The minimum absolute atomic E-state index is 0.113. The van der Waals surface area contributed by atoms with Gasteiger partial charge in [-0.1, -0.05) is 0 Å². The van der Waals surface area contributed by atoms with Crippen LogP contribution in [0.2, 0.25) is 0 Å². The van der Waals surface area contributed by atoms with E-state index in [-0.39, 0.29) is 11.4 Å². The number of hydrogen-bond donors (Lipinski definition) is 1. The van der Waals surface area contributed by atoms with Crippen molar-refractivity contribution in [1.29, 1.82) is 0 Å². The largest absolute Gasteiger partial charge is 0.463 e. The molecule has 0 aliphatic carbocycles. The first-order chi connectivity index (χ1) is 12.2. The molecule has 0 aliphatic rings. The predicted octanol–water partition coefficient (Wildman–Crippen LogP) is 3.18. The summed E-state index contributed by atoms with van der Waals surface area (Å²) in [4.78, 5) is -0.257. The van der Waals surface area contributed by atoms with Gasteiger partial charge in [-0.3, -0.25) is 4.68 Å². The average Bonchev–Trinajstić information content (AvgIpc) is 3.21. The summed E-state index contributed by atoms with van der Waals surface area (Å²) in [5.74, 6) is 0.580. The molecule has 138 valence electrons. The molecule has 1 aromatic carbocycles. The first-order valence-corrected chi connectivity index (χ1v) is 8.89. The Bertz CT molecular complexity index is 992. The van der Waals surface area contributed by atoms with Gasteiger partial charge in [0.15, 0.2) is 5.76 Å². The lowest BCUT2D eigenvalue weighted by Crippen LogP contribution is -2.23. The highest BCUT2D eigenvalue weighted by Gasteiger charge is 2.30. The molecule has 0 radical (unpaired) electrons. The van der Waals surface area contributed by atoms with Gasteiger partial charge in [0.25, 0.3) is 0 Å². The van der Waals surface area contributed by atoms with Gasteiger partial charge in [0.1, 0.15) is 5.69 Å². The van der Waals surface area contributed by atoms with Crippen molar-refractivity contribution in [2.24, 2.45) is 7.05 Å². The van der Waals surface area contributed by atoms with Crippen molar-refractivity contribution in [1.82, 2.24) is 14.5 Å². The van der Waals surface area contributed by atoms with Crippen LogP contribution in [0.4, 0.5) is 13.2 Å². The third-order valence-electron chi connectivity index (χ3n) is 3.64. The van der Waals surface area contributed by atoms with E-state index >= 15 is 0 Å². The Morgan fingerprint density at radius 2 is 1.88 bits per heavy atom. The van der Waals surface area contributed by atoms with Crippen molar-refractivity contribution in [3.8, 4) is 11.5 Å². The maximum atomic E-state index is 12.6. The van der Waals surface area contributed by atoms with E-state index in [0.717, 1.165) is 24.3 Å². The van der Waals surface area contributed by atoms with Crippen LogP contribution >= 0.6 is 0 Å². The number of aryl methyl sites for hydroxylation is 1. The molecule has 26 heavy (non-hydrogen) atoms. The fourth-order valence-corrected chi connectivity index (χ4v) is 3.34. The average molecular weight is 385 g/mol. The number of aromatic nitrogens is 2. The molecule has 0 unspecified atom stereocenters. The Labute approximate surface area is 147 Å². The van der Waals surface area contributed by atoms with Crippen LogP contribution < -0.4 is 4.72 Å². The lowest BCUT2D eigenvalue weighted by Gasteiger charge is -2.08. The topological polar surface area (TPSA) is 77.1 Å². The fourth-order valence-electron chi connectivity index (χ4n) is 2.34. The summed E-state index contributed by atoms with van der Waals surface area (Å²) in [6.45, 7) is -0.113. The van der Waals surface area contributed by atoms with Gasteiger partial charge < -0.3 is 4.42 Å². The van der Waals surface area contributed by atoms with Crippen LogP contribution in [-0.4, -0.2) is 18.2 Å². The van der Waals surface area contributed by atoms with E-state index < -0.39 is 21.8 Å². The molecule has 2 heterocycles. The van der Waals surface area contributed by atoms with Crippen molar-refractivity contribution < 1.29 is 26.0 Å². The molecule has 0 saturated carbocycles. The zero-order valence-corrected chi connectivity index (χ0v) is 14.3. The maximum absolute atomic E-state index is 12.6. The Morgan fingerprint density at radius 3 is 2.46 bits per heavy atom. The third kappa shape index (κ3) is 3.81. The maximum Gasteiger partial charge on any atom is 0.416 e. The van der Waals surface area contributed by atoms with Crippen molar-refractivity contribution in [3.05, 3.63) is 60.0 Å². The Balaban J connectivity index is 1.74. The molecule has 1 N–H and O–H groups in total. The van der Waals surface area contributed by atoms with Gasteiger partial charge in [0.2, 0.25) is 10.0 Å². The predicted molar refractivity (Wildman–Crippen MR) is 86.4 cm³/mol. The number of furan rings is 1. The quantitative estimate of drug-likeness (QED) is 0.732. The number of rotatable bonds is 5. The Kier molecular flexibility index (Phi) is 4.63. The fraction of sp³-hybridized carbons (Fsp3) is 0.188. The molecule has 3 aromatic rings. The second-order valence-electron chi connectivity index (χ2n) is 5.47. The molecule has 0 saturated heterocycles. The minimum atomic E-state index is -4.52. The van der Waals surface area contributed by atoms with Gasteiger partial charge in [-0.2, -0.15) is 18.3 Å². The smallest absolute Gasteiger partial charge is 0.416 e. The second-order valence-corrected chi connectivity index (χ2v) is 7.24. The number of alkyl halides is 3. The van der Waals surface area contributed by atoms with Gasteiger partial charge in [0, 0.05) is 7.05 Å². The molecule has 10 heteroatoms. The van der Waals surface area contributed by atoms with Gasteiger partial charge in [-0.25, -0.2) is 13.1 Å². The lowest BCUT2D eigenvalue weighted by molar-refractivity contribution is -0.137. The summed E-state index contributed by atoms with van der Waals surface area (Å²) in [6, 6.07) is 8.40. The summed E-state index contributed by atoms with van der Waals surface area (Å²) in [6.07, 6.45) is -3.01. The molecule has 0 bridgehead atoms. The molecule has 3 rings (SSSR count). The number of hydrogen-bond acceptors (Lipinski definition) is 4. The van der Waals surface area contributed by atoms with Crippen LogP contribution in [0.15, 0.2) is 58.0 Å². The van der Waals surface area contributed by atoms with Crippen LogP contribution in [0.5, 0.6) is 0 Å². The summed E-state index contributed by atoms with van der Waals surface area (Å²) in [5, 5.41) is 4.19. The summed E-state index contributed by atoms with van der Waals surface area (Å²) >= 11 is 0. The first-order valence-electron chi connectivity index (χ1n) is 7.40. The highest BCUT2D eigenvalue weighted by atomic mass is 32.2. The third-order valence-corrected chi connectivity index (χ3v) is 5.06. The van der Waals surface area contributed by atoms with Crippen molar-refractivity contribution in [2.45, 2.75) is 17.6 Å². The van der Waals surface area contributed by atoms with Gasteiger partial charge in [0.05, 0.1) is 29.0 Å². The van der Waals surface area contributed by atoms with Crippen molar-refractivity contribution in [2.75, 3.05) is 0 Å². The number of halogens is 3. The van der Waals surface area contributed by atoms with Crippen molar-refractivity contribution >= 4 is 10.0 Å². The first kappa shape index (κ1) is 18.2.